The first kappa shape index (κ1) is 21.6. The number of hydrogen-bond donors (Lipinski definition) is 3. The first-order valence-electron chi connectivity index (χ1n) is 8.18. The minimum atomic E-state index is -4.29. The van der Waals surface area contributed by atoms with E-state index in [0.717, 1.165) is 38.0 Å². The predicted molar refractivity (Wildman–Crippen MR) is 96.9 cm³/mol. The van der Waals surface area contributed by atoms with Crippen LogP contribution in [0.25, 0.3) is 0 Å². The van der Waals surface area contributed by atoms with E-state index in [2.05, 4.69) is 17.6 Å². The molecule has 1 aromatic carbocycles. The van der Waals surface area contributed by atoms with Crippen LogP contribution in [-0.4, -0.2) is 38.6 Å². The standard InChI is InChI=1S/C17H23N3O5S/c1-2-3-10-25-11-4-9-19-13-14(12-18)17(21)20-15-5-7-16(8-6-15)26(22,23)24/h5-8,13,19H,2-4,9-11H2,1H3,(H,20,21)(H,22,23,24)/b14-13-. The minimum Gasteiger partial charge on any atom is -0.390 e. The maximum atomic E-state index is 12.0. The number of benzene rings is 1. The van der Waals surface area contributed by atoms with Gasteiger partial charge in [-0.25, -0.2) is 0 Å². The first-order chi connectivity index (χ1) is 12.4. The van der Waals surface area contributed by atoms with Gasteiger partial charge in [-0.3, -0.25) is 9.35 Å². The number of anilines is 1. The first-order valence-corrected chi connectivity index (χ1v) is 9.62. The molecule has 0 saturated carbocycles. The second-order valence-electron chi connectivity index (χ2n) is 5.40. The summed E-state index contributed by atoms with van der Waals surface area (Å²) in [5.74, 6) is -0.626. The van der Waals surface area contributed by atoms with Gasteiger partial charge in [-0.05, 0) is 37.1 Å². The van der Waals surface area contributed by atoms with Crippen molar-refractivity contribution in [2.75, 3.05) is 25.1 Å². The molecule has 8 nitrogen and oxygen atoms in total. The van der Waals surface area contributed by atoms with Gasteiger partial charge in [0.05, 0.1) is 4.90 Å². The average molecular weight is 381 g/mol. The van der Waals surface area contributed by atoms with E-state index in [-0.39, 0.29) is 10.5 Å². The van der Waals surface area contributed by atoms with Crippen LogP contribution in [0, 0.1) is 11.3 Å². The number of unbranched alkanes of at least 4 members (excludes halogenated alkanes) is 1. The third kappa shape index (κ3) is 8.11. The largest absolute Gasteiger partial charge is 0.390 e. The second kappa shape index (κ2) is 11.3. The molecule has 26 heavy (non-hydrogen) atoms. The van der Waals surface area contributed by atoms with Crippen molar-refractivity contribution in [3.63, 3.8) is 0 Å². The highest BCUT2D eigenvalue weighted by Crippen LogP contribution is 2.14. The van der Waals surface area contributed by atoms with Crippen molar-refractivity contribution in [2.45, 2.75) is 31.1 Å². The number of rotatable bonds is 11. The zero-order valence-electron chi connectivity index (χ0n) is 14.6. The van der Waals surface area contributed by atoms with Crippen LogP contribution in [0.5, 0.6) is 0 Å². The maximum Gasteiger partial charge on any atom is 0.294 e. The Bertz CT molecular complexity index is 752. The Labute approximate surface area is 153 Å². The molecule has 0 aliphatic heterocycles. The third-order valence-corrected chi connectivity index (χ3v) is 4.14. The molecule has 0 aliphatic rings. The predicted octanol–water partition coefficient (Wildman–Crippen LogP) is 2.08. The van der Waals surface area contributed by atoms with Crippen molar-refractivity contribution in [1.82, 2.24) is 5.32 Å². The molecular weight excluding hydrogens is 358 g/mol. The fourth-order valence-corrected chi connectivity index (χ4v) is 2.34. The van der Waals surface area contributed by atoms with Gasteiger partial charge in [0.25, 0.3) is 16.0 Å². The number of nitrogens with one attached hydrogen (secondary N) is 2. The summed E-state index contributed by atoms with van der Waals surface area (Å²) in [7, 11) is -4.29. The number of ether oxygens (including phenoxy) is 1. The molecule has 1 rings (SSSR count). The zero-order chi connectivity index (χ0) is 19.4. The van der Waals surface area contributed by atoms with Gasteiger partial charge in [0.15, 0.2) is 0 Å². The highest BCUT2D eigenvalue weighted by atomic mass is 32.2. The van der Waals surface area contributed by atoms with E-state index in [9.17, 15) is 13.2 Å². The molecule has 0 atom stereocenters. The molecule has 0 aromatic heterocycles. The second-order valence-corrected chi connectivity index (χ2v) is 6.82. The lowest BCUT2D eigenvalue weighted by molar-refractivity contribution is -0.112. The molecule has 0 fully saturated rings. The van der Waals surface area contributed by atoms with Gasteiger partial charge in [-0.2, -0.15) is 13.7 Å². The van der Waals surface area contributed by atoms with Gasteiger partial charge in [0, 0.05) is 31.6 Å². The normalized spacial score (nSPS) is 11.7. The Morgan fingerprint density at radius 1 is 1.27 bits per heavy atom. The Morgan fingerprint density at radius 3 is 2.50 bits per heavy atom. The van der Waals surface area contributed by atoms with Gasteiger partial charge < -0.3 is 15.4 Å². The molecule has 9 heteroatoms. The number of hydrogen-bond acceptors (Lipinski definition) is 6. The molecule has 0 saturated heterocycles. The number of nitrogens with zero attached hydrogens (tertiary/aromatic N) is 1. The molecule has 0 heterocycles. The van der Waals surface area contributed by atoms with E-state index in [1.807, 2.05) is 0 Å². The Morgan fingerprint density at radius 2 is 1.92 bits per heavy atom. The summed E-state index contributed by atoms with van der Waals surface area (Å²) in [6.45, 7) is 3.99. The van der Waals surface area contributed by atoms with Crippen LogP contribution in [0.2, 0.25) is 0 Å². The highest BCUT2D eigenvalue weighted by Gasteiger charge is 2.11. The van der Waals surface area contributed by atoms with Gasteiger partial charge in [-0.1, -0.05) is 13.3 Å². The monoisotopic (exact) mass is 381 g/mol. The summed E-state index contributed by atoms with van der Waals surface area (Å²) in [6, 6.07) is 6.73. The van der Waals surface area contributed by atoms with Crippen molar-refractivity contribution in [3.8, 4) is 6.07 Å². The quantitative estimate of drug-likeness (QED) is 0.232. The highest BCUT2D eigenvalue weighted by molar-refractivity contribution is 7.85. The van der Waals surface area contributed by atoms with Crippen molar-refractivity contribution < 1.29 is 22.5 Å². The number of carbonyl (C=O) groups is 1. The molecule has 1 amide bonds. The summed E-state index contributed by atoms with van der Waals surface area (Å²) < 4.78 is 36.2. The van der Waals surface area contributed by atoms with Crippen LogP contribution >= 0.6 is 0 Å². The van der Waals surface area contributed by atoms with Gasteiger partial charge in [-0.15, -0.1) is 0 Å². The SMILES string of the molecule is CCCCOCCCN/C=C(/C#N)C(=O)Nc1ccc(S(=O)(=O)O)cc1. The Kier molecular flexibility index (Phi) is 9.36. The van der Waals surface area contributed by atoms with Crippen LogP contribution in [0.15, 0.2) is 40.9 Å². The smallest absolute Gasteiger partial charge is 0.294 e. The van der Waals surface area contributed by atoms with E-state index in [0.29, 0.717) is 18.8 Å². The molecule has 142 valence electrons. The number of nitriles is 1. The summed E-state index contributed by atoms with van der Waals surface area (Å²) in [6.07, 6.45) is 4.18. The fraction of sp³-hybridized carbons (Fsp3) is 0.412. The minimum absolute atomic E-state index is 0.115. The lowest BCUT2D eigenvalue weighted by atomic mass is 10.2. The lowest BCUT2D eigenvalue weighted by Gasteiger charge is -2.06. The van der Waals surface area contributed by atoms with E-state index in [4.69, 9.17) is 14.6 Å². The molecule has 0 bridgehead atoms. The molecule has 0 aliphatic carbocycles. The number of amides is 1. The van der Waals surface area contributed by atoms with Gasteiger partial charge >= 0.3 is 0 Å². The van der Waals surface area contributed by atoms with Crippen molar-refractivity contribution in [1.29, 1.82) is 5.26 Å². The van der Waals surface area contributed by atoms with E-state index in [1.54, 1.807) is 6.07 Å². The topological polar surface area (TPSA) is 129 Å². The lowest BCUT2D eigenvalue weighted by Crippen LogP contribution is -2.18. The van der Waals surface area contributed by atoms with E-state index in [1.165, 1.54) is 18.3 Å². The average Bonchev–Trinajstić information content (AvgIpc) is 2.60. The van der Waals surface area contributed by atoms with E-state index >= 15 is 0 Å². The molecule has 0 radical (unpaired) electrons. The summed E-state index contributed by atoms with van der Waals surface area (Å²) >= 11 is 0. The fourth-order valence-electron chi connectivity index (χ4n) is 1.86. The number of carbonyl (C=O) groups excluding carboxylic acids is 1. The van der Waals surface area contributed by atoms with Crippen LogP contribution in [0.3, 0.4) is 0 Å². The van der Waals surface area contributed by atoms with Gasteiger partial charge in [0.2, 0.25) is 0 Å². The molecular formula is C17H23N3O5S. The van der Waals surface area contributed by atoms with Crippen LogP contribution in [-0.2, 0) is 19.6 Å². The molecule has 0 spiro atoms. The summed E-state index contributed by atoms with van der Waals surface area (Å²) in [4.78, 5) is 11.7. The Balaban J connectivity index is 2.47. The summed E-state index contributed by atoms with van der Waals surface area (Å²) in [5, 5.41) is 14.4. The molecule has 0 unspecified atom stereocenters. The van der Waals surface area contributed by atoms with Crippen molar-refractivity contribution in [3.05, 3.63) is 36.0 Å². The van der Waals surface area contributed by atoms with Crippen LogP contribution < -0.4 is 10.6 Å². The van der Waals surface area contributed by atoms with Crippen molar-refractivity contribution in [2.24, 2.45) is 0 Å². The third-order valence-electron chi connectivity index (χ3n) is 3.27. The van der Waals surface area contributed by atoms with Crippen molar-refractivity contribution >= 4 is 21.7 Å². The molecule has 3 N–H and O–H groups in total. The summed E-state index contributed by atoms with van der Waals surface area (Å²) in [5.41, 5.74) is 0.184. The maximum absolute atomic E-state index is 12.0. The van der Waals surface area contributed by atoms with Crippen LogP contribution in [0.4, 0.5) is 5.69 Å². The van der Waals surface area contributed by atoms with E-state index < -0.39 is 16.0 Å². The zero-order valence-corrected chi connectivity index (χ0v) is 15.4. The van der Waals surface area contributed by atoms with Crippen LogP contribution in [0.1, 0.15) is 26.2 Å². The molecule has 1 aromatic rings. The van der Waals surface area contributed by atoms with Gasteiger partial charge in [0.1, 0.15) is 11.6 Å². The Hall–Kier alpha value is -2.41.